The summed E-state index contributed by atoms with van der Waals surface area (Å²) in [5.41, 5.74) is 4.06. The first-order chi connectivity index (χ1) is 10.7. The van der Waals surface area contributed by atoms with E-state index in [0.717, 1.165) is 16.9 Å². The van der Waals surface area contributed by atoms with Crippen LogP contribution in [0.15, 0.2) is 24.3 Å². The van der Waals surface area contributed by atoms with Crippen molar-refractivity contribution in [2.24, 2.45) is 5.73 Å². The second kappa shape index (κ2) is 6.02. The molecule has 0 saturated carbocycles. The number of carbonyl (C=O) groups excluding carboxylic acids is 2. The molecule has 0 saturated heterocycles. The summed E-state index contributed by atoms with van der Waals surface area (Å²) in [6.07, 6.45) is -4.50. The van der Waals surface area contributed by atoms with Crippen molar-refractivity contribution in [2.75, 3.05) is 0 Å². The molecule has 0 spiro atoms. The van der Waals surface area contributed by atoms with Gasteiger partial charge in [0.1, 0.15) is 6.04 Å². The SMILES string of the molecule is CC(C(=O)NC(N)=O)n1nnc(-c2cccc(C(F)(F)F)c2)n1. The van der Waals surface area contributed by atoms with Crippen LogP contribution in [-0.4, -0.2) is 32.1 Å². The molecule has 11 heteroatoms. The maximum atomic E-state index is 12.7. The molecule has 2 aromatic rings. The number of nitrogens with zero attached hydrogens (tertiary/aromatic N) is 4. The summed E-state index contributed by atoms with van der Waals surface area (Å²) in [4.78, 5) is 23.1. The summed E-state index contributed by atoms with van der Waals surface area (Å²) in [6, 6.07) is 2.31. The number of aromatic nitrogens is 4. The first-order valence-electron chi connectivity index (χ1n) is 6.26. The quantitative estimate of drug-likeness (QED) is 0.876. The molecule has 0 fully saturated rings. The second-order valence-corrected chi connectivity index (χ2v) is 4.54. The highest BCUT2D eigenvalue weighted by Gasteiger charge is 2.31. The summed E-state index contributed by atoms with van der Waals surface area (Å²) < 4.78 is 38.1. The molecule has 1 heterocycles. The Bertz CT molecular complexity index is 742. The molecule has 1 atom stereocenters. The Morgan fingerprint density at radius 3 is 2.65 bits per heavy atom. The Labute approximate surface area is 127 Å². The van der Waals surface area contributed by atoms with E-state index in [9.17, 15) is 22.8 Å². The Morgan fingerprint density at radius 1 is 1.35 bits per heavy atom. The molecule has 0 aliphatic rings. The van der Waals surface area contributed by atoms with Crippen molar-refractivity contribution in [2.45, 2.75) is 19.1 Å². The van der Waals surface area contributed by atoms with Crippen LogP contribution in [0.1, 0.15) is 18.5 Å². The number of hydrogen-bond acceptors (Lipinski definition) is 5. The average molecular weight is 328 g/mol. The van der Waals surface area contributed by atoms with Gasteiger partial charge in [0.15, 0.2) is 0 Å². The lowest BCUT2D eigenvalue weighted by Gasteiger charge is -2.08. The van der Waals surface area contributed by atoms with Gasteiger partial charge in [0, 0.05) is 5.56 Å². The van der Waals surface area contributed by atoms with E-state index in [1.807, 2.05) is 5.32 Å². The minimum Gasteiger partial charge on any atom is -0.351 e. The number of benzene rings is 1. The third-order valence-corrected chi connectivity index (χ3v) is 2.85. The largest absolute Gasteiger partial charge is 0.416 e. The smallest absolute Gasteiger partial charge is 0.351 e. The van der Waals surface area contributed by atoms with Gasteiger partial charge in [0.2, 0.25) is 5.82 Å². The summed E-state index contributed by atoms with van der Waals surface area (Å²) in [7, 11) is 0. The summed E-state index contributed by atoms with van der Waals surface area (Å²) in [5, 5.41) is 12.9. The van der Waals surface area contributed by atoms with Gasteiger partial charge in [-0.1, -0.05) is 12.1 Å². The summed E-state index contributed by atoms with van der Waals surface area (Å²) in [5.74, 6) is -0.861. The zero-order valence-corrected chi connectivity index (χ0v) is 11.7. The predicted octanol–water partition coefficient (Wildman–Crippen LogP) is 1.11. The van der Waals surface area contributed by atoms with Gasteiger partial charge in [-0.2, -0.15) is 18.0 Å². The van der Waals surface area contributed by atoms with Crippen molar-refractivity contribution in [3.63, 3.8) is 0 Å². The van der Waals surface area contributed by atoms with Gasteiger partial charge >= 0.3 is 12.2 Å². The Hall–Kier alpha value is -2.98. The number of urea groups is 1. The lowest BCUT2D eigenvalue weighted by atomic mass is 10.1. The number of nitrogens with one attached hydrogen (secondary N) is 1. The number of rotatable bonds is 3. The van der Waals surface area contributed by atoms with Crippen molar-refractivity contribution in [1.82, 2.24) is 25.5 Å². The fraction of sp³-hybridized carbons (Fsp3) is 0.250. The van der Waals surface area contributed by atoms with Crippen LogP contribution in [0.25, 0.3) is 11.4 Å². The topological polar surface area (TPSA) is 116 Å². The molecule has 23 heavy (non-hydrogen) atoms. The molecule has 2 rings (SSSR count). The third kappa shape index (κ3) is 3.81. The molecule has 1 aromatic heterocycles. The number of tetrazole rings is 1. The van der Waals surface area contributed by atoms with Gasteiger partial charge in [0.25, 0.3) is 5.91 Å². The molecule has 8 nitrogen and oxygen atoms in total. The monoisotopic (exact) mass is 328 g/mol. The van der Waals surface area contributed by atoms with E-state index in [-0.39, 0.29) is 11.4 Å². The lowest BCUT2D eigenvalue weighted by Crippen LogP contribution is -2.39. The van der Waals surface area contributed by atoms with Gasteiger partial charge < -0.3 is 5.73 Å². The zero-order chi connectivity index (χ0) is 17.2. The highest BCUT2D eigenvalue weighted by Crippen LogP contribution is 2.31. The molecule has 1 unspecified atom stereocenters. The molecule has 3 amide bonds. The molecule has 1 aromatic carbocycles. The number of amides is 3. The van der Waals surface area contributed by atoms with Crippen molar-refractivity contribution in [3.05, 3.63) is 29.8 Å². The standard InChI is InChI=1S/C12H11F3N6O2/c1-6(10(22)17-11(16)23)21-19-9(18-20-21)7-3-2-4-8(5-7)12(13,14)15/h2-6H,1H3,(H3,16,17,22,23). The Morgan fingerprint density at radius 2 is 2.04 bits per heavy atom. The maximum absolute atomic E-state index is 12.7. The van der Waals surface area contributed by atoms with E-state index in [1.54, 1.807) is 0 Å². The highest BCUT2D eigenvalue weighted by atomic mass is 19.4. The molecule has 0 bridgehead atoms. The molecule has 3 N–H and O–H groups in total. The van der Waals surface area contributed by atoms with Crippen LogP contribution in [0.3, 0.4) is 0 Å². The molecule has 0 aliphatic carbocycles. The van der Waals surface area contributed by atoms with Crippen LogP contribution in [0.2, 0.25) is 0 Å². The average Bonchev–Trinajstić information content (AvgIpc) is 2.94. The predicted molar refractivity (Wildman–Crippen MR) is 70.7 cm³/mol. The number of carbonyl (C=O) groups is 2. The van der Waals surface area contributed by atoms with E-state index in [4.69, 9.17) is 5.73 Å². The number of hydrogen-bond donors (Lipinski definition) is 2. The Balaban J connectivity index is 2.26. The molecular weight excluding hydrogens is 317 g/mol. The van der Waals surface area contributed by atoms with Crippen molar-refractivity contribution in [3.8, 4) is 11.4 Å². The van der Waals surface area contributed by atoms with Crippen molar-refractivity contribution >= 4 is 11.9 Å². The first kappa shape index (κ1) is 16.4. The van der Waals surface area contributed by atoms with E-state index < -0.39 is 29.7 Å². The number of primary amides is 1. The normalized spacial score (nSPS) is 12.7. The summed E-state index contributed by atoms with van der Waals surface area (Å²) >= 11 is 0. The van der Waals surface area contributed by atoms with E-state index in [1.165, 1.54) is 19.1 Å². The summed E-state index contributed by atoms with van der Waals surface area (Å²) in [6.45, 7) is 1.37. The fourth-order valence-corrected chi connectivity index (χ4v) is 1.67. The number of imide groups is 1. The van der Waals surface area contributed by atoms with Crippen LogP contribution in [0.4, 0.5) is 18.0 Å². The fourth-order valence-electron chi connectivity index (χ4n) is 1.67. The van der Waals surface area contributed by atoms with Crippen molar-refractivity contribution < 1.29 is 22.8 Å². The lowest BCUT2D eigenvalue weighted by molar-refractivity contribution is -0.137. The van der Waals surface area contributed by atoms with Gasteiger partial charge in [-0.05, 0) is 24.3 Å². The van der Waals surface area contributed by atoms with E-state index in [2.05, 4.69) is 15.4 Å². The Kier molecular flexibility index (Phi) is 4.29. The minimum absolute atomic E-state index is 0.0881. The number of halogens is 3. The van der Waals surface area contributed by atoms with Gasteiger partial charge in [-0.3, -0.25) is 10.1 Å². The maximum Gasteiger partial charge on any atom is 0.416 e. The molecule has 122 valence electrons. The third-order valence-electron chi connectivity index (χ3n) is 2.85. The minimum atomic E-state index is -4.50. The molecule has 0 aliphatic heterocycles. The molecular formula is C12H11F3N6O2. The van der Waals surface area contributed by atoms with E-state index in [0.29, 0.717) is 0 Å². The molecule has 0 radical (unpaired) electrons. The second-order valence-electron chi connectivity index (χ2n) is 4.54. The van der Waals surface area contributed by atoms with Crippen LogP contribution >= 0.6 is 0 Å². The van der Waals surface area contributed by atoms with Crippen LogP contribution in [-0.2, 0) is 11.0 Å². The van der Waals surface area contributed by atoms with Crippen LogP contribution in [0, 0.1) is 0 Å². The first-order valence-corrected chi connectivity index (χ1v) is 6.26. The van der Waals surface area contributed by atoms with E-state index >= 15 is 0 Å². The highest BCUT2D eigenvalue weighted by molar-refractivity contribution is 5.95. The van der Waals surface area contributed by atoms with Crippen LogP contribution < -0.4 is 11.1 Å². The van der Waals surface area contributed by atoms with Gasteiger partial charge in [-0.15, -0.1) is 10.2 Å². The zero-order valence-electron chi connectivity index (χ0n) is 11.7. The number of alkyl halides is 3. The van der Waals surface area contributed by atoms with Crippen LogP contribution in [0.5, 0.6) is 0 Å². The van der Waals surface area contributed by atoms with Gasteiger partial charge in [-0.25, -0.2) is 4.79 Å². The van der Waals surface area contributed by atoms with Crippen molar-refractivity contribution in [1.29, 1.82) is 0 Å². The number of nitrogens with two attached hydrogens (primary N) is 1. The van der Waals surface area contributed by atoms with Gasteiger partial charge in [0.05, 0.1) is 5.56 Å².